The number of allylic oxidation sites excluding steroid dienone is 2. The van der Waals surface area contributed by atoms with Crippen molar-refractivity contribution >= 4 is 0 Å². The molecule has 0 N–H and O–H groups in total. The van der Waals surface area contributed by atoms with Crippen molar-refractivity contribution in [1.29, 1.82) is 0 Å². The Bertz CT molecular complexity index is 243. The van der Waals surface area contributed by atoms with E-state index in [9.17, 15) is 0 Å². The van der Waals surface area contributed by atoms with E-state index in [4.69, 9.17) is 0 Å². The Labute approximate surface area is 104 Å². The molecule has 0 nitrogen and oxygen atoms in total. The third-order valence-electron chi connectivity index (χ3n) is 5.11. The lowest BCUT2D eigenvalue weighted by Crippen LogP contribution is -2.37. The van der Waals surface area contributed by atoms with Crippen LogP contribution in [-0.2, 0) is 0 Å². The molecule has 0 bridgehead atoms. The van der Waals surface area contributed by atoms with Crippen molar-refractivity contribution in [2.75, 3.05) is 0 Å². The maximum absolute atomic E-state index is 2.53. The highest BCUT2D eigenvalue weighted by molar-refractivity contribution is 5.12. The second-order valence-corrected chi connectivity index (χ2v) is 6.69. The van der Waals surface area contributed by atoms with E-state index in [0.29, 0.717) is 22.7 Å². The molecule has 0 aromatic rings. The molecular formula is C16H32. The monoisotopic (exact) mass is 224 g/mol. The fourth-order valence-corrected chi connectivity index (χ4v) is 2.07. The molecule has 0 saturated heterocycles. The van der Waals surface area contributed by atoms with Gasteiger partial charge in [-0.15, -0.1) is 0 Å². The van der Waals surface area contributed by atoms with Crippen LogP contribution in [0.1, 0.15) is 68.7 Å². The lowest BCUT2D eigenvalue weighted by Gasteiger charge is -2.46. The topological polar surface area (TPSA) is 0 Å². The molecule has 0 amide bonds. The van der Waals surface area contributed by atoms with Gasteiger partial charge in [-0.3, -0.25) is 0 Å². The van der Waals surface area contributed by atoms with E-state index in [1.54, 1.807) is 0 Å². The third-order valence-corrected chi connectivity index (χ3v) is 5.11. The van der Waals surface area contributed by atoms with Gasteiger partial charge in [-0.25, -0.2) is 0 Å². The SMILES string of the molecule is CCC(C)(C=C(C)C(C)C)C(C)(C)C(C)C. The van der Waals surface area contributed by atoms with Gasteiger partial charge < -0.3 is 0 Å². The molecule has 1 atom stereocenters. The summed E-state index contributed by atoms with van der Waals surface area (Å²) in [4.78, 5) is 0. The highest BCUT2D eigenvalue weighted by atomic mass is 14.4. The van der Waals surface area contributed by atoms with Gasteiger partial charge in [0, 0.05) is 0 Å². The van der Waals surface area contributed by atoms with Gasteiger partial charge in [-0.2, -0.15) is 0 Å². The van der Waals surface area contributed by atoms with Crippen LogP contribution in [0.3, 0.4) is 0 Å². The highest BCUT2D eigenvalue weighted by Crippen LogP contribution is 2.48. The van der Waals surface area contributed by atoms with Crippen LogP contribution in [0.2, 0.25) is 0 Å². The van der Waals surface area contributed by atoms with E-state index in [0.717, 1.165) is 0 Å². The van der Waals surface area contributed by atoms with Crippen molar-refractivity contribution in [1.82, 2.24) is 0 Å². The highest BCUT2D eigenvalue weighted by Gasteiger charge is 2.40. The normalized spacial score (nSPS) is 18.1. The first-order valence-electron chi connectivity index (χ1n) is 6.77. The molecule has 96 valence electrons. The number of hydrogen-bond acceptors (Lipinski definition) is 0. The summed E-state index contributed by atoms with van der Waals surface area (Å²) in [5.74, 6) is 1.36. The van der Waals surface area contributed by atoms with Gasteiger partial charge in [0.2, 0.25) is 0 Å². The van der Waals surface area contributed by atoms with Gasteiger partial charge in [0.05, 0.1) is 0 Å². The Morgan fingerprint density at radius 1 is 1.06 bits per heavy atom. The van der Waals surface area contributed by atoms with E-state index in [1.807, 2.05) is 0 Å². The van der Waals surface area contributed by atoms with Gasteiger partial charge in [0.15, 0.2) is 0 Å². The molecule has 0 aromatic heterocycles. The zero-order valence-corrected chi connectivity index (χ0v) is 12.9. The molecule has 0 heteroatoms. The summed E-state index contributed by atoms with van der Waals surface area (Å²) in [7, 11) is 0. The van der Waals surface area contributed by atoms with Crippen molar-refractivity contribution in [3.63, 3.8) is 0 Å². The summed E-state index contributed by atoms with van der Waals surface area (Å²) < 4.78 is 0. The molecule has 0 radical (unpaired) electrons. The van der Waals surface area contributed by atoms with Crippen LogP contribution in [0.15, 0.2) is 11.6 Å². The first-order chi connectivity index (χ1) is 7.08. The molecule has 0 rings (SSSR count). The van der Waals surface area contributed by atoms with Gasteiger partial charge >= 0.3 is 0 Å². The first kappa shape index (κ1) is 15.7. The predicted octanol–water partition coefficient (Wildman–Crippen LogP) is 5.69. The van der Waals surface area contributed by atoms with E-state index >= 15 is 0 Å². The first-order valence-corrected chi connectivity index (χ1v) is 6.77. The van der Waals surface area contributed by atoms with Crippen molar-refractivity contribution in [3.05, 3.63) is 11.6 Å². The average molecular weight is 224 g/mol. The largest absolute Gasteiger partial charge is 0.0789 e. The molecule has 0 spiro atoms. The van der Waals surface area contributed by atoms with Crippen LogP contribution in [0, 0.1) is 22.7 Å². The Morgan fingerprint density at radius 2 is 1.50 bits per heavy atom. The quantitative estimate of drug-likeness (QED) is 0.526. The molecule has 0 aliphatic carbocycles. The molecule has 16 heavy (non-hydrogen) atoms. The van der Waals surface area contributed by atoms with Crippen LogP contribution in [0.5, 0.6) is 0 Å². The molecule has 0 aliphatic rings. The van der Waals surface area contributed by atoms with Gasteiger partial charge in [0.25, 0.3) is 0 Å². The van der Waals surface area contributed by atoms with E-state index in [1.165, 1.54) is 12.0 Å². The van der Waals surface area contributed by atoms with Gasteiger partial charge in [-0.1, -0.05) is 67.0 Å². The lowest BCUT2D eigenvalue weighted by molar-refractivity contribution is 0.0782. The minimum atomic E-state index is 0.301. The Morgan fingerprint density at radius 3 is 1.75 bits per heavy atom. The van der Waals surface area contributed by atoms with Crippen LogP contribution in [0.4, 0.5) is 0 Å². The molecule has 0 aliphatic heterocycles. The minimum absolute atomic E-state index is 0.301. The second kappa shape index (κ2) is 5.38. The van der Waals surface area contributed by atoms with Crippen LogP contribution >= 0.6 is 0 Å². The molecule has 0 fully saturated rings. The average Bonchev–Trinajstić information content (AvgIpc) is 2.16. The molecule has 0 saturated carbocycles. The van der Waals surface area contributed by atoms with E-state index in [-0.39, 0.29) is 0 Å². The summed E-state index contributed by atoms with van der Waals surface area (Å²) in [6.45, 7) is 21.1. The fourth-order valence-electron chi connectivity index (χ4n) is 2.07. The maximum atomic E-state index is 2.53. The summed E-state index contributed by atoms with van der Waals surface area (Å²) in [5.41, 5.74) is 2.17. The van der Waals surface area contributed by atoms with E-state index in [2.05, 4.69) is 68.4 Å². The molecular weight excluding hydrogens is 192 g/mol. The lowest BCUT2D eigenvalue weighted by atomic mass is 9.59. The van der Waals surface area contributed by atoms with Crippen molar-refractivity contribution in [2.24, 2.45) is 22.7 Å². The Hall–Kier alpha value is -0.260. The van der Waals surface area contributed by atoms with E-state index < -0.39 is 0 Å². The van der Waals surface area contributed by atoms with Gasteiger partial charge in [0.1, 0.15) is 0 Å². The van der Waals surface area contributed by atoms with Crippen molar-refractivity contribution in [3.8, 4) is 0 Å². The van der Waals surface area contributed by atoms with Crippen LogP contribution in [-0.4, -0.2) is 0 Å². The maximum Gasteiger partial charge on any atom is -0.00929 e. The summed E-state index contributed by atoms with van der Waals surface area (Å²) in [6.07, 6.45) is 3.74. The Kier molecular flexibility index (Phi) is 5.29. The molecule has 0 aromatic carbocycles. The van der Waals surface area contributed by atoms with Crippen LogP contribution < -0.4 is 0 Å². The van der Waals surface area contributed by atoms with Crippen molar-refractivity contribution < 1.29 is 0 Å². The van der Waals surface area contributed by atoms with Crippen LogP contribution in [0.25, 0.3) is 0 Å². The molecule has 1 unspecified atom stereocenters. The standard InChI is InChI=1S/C16H32/c1-10-16(9,11-14(6)12(2)3)15(7,8)13(4)5/h11-13H,10H2,1-9H3. The smallest absolute Gasteiger partial charge is 0.00929 e. The third kappa shape index (κ3) is 3.12. The summed E-state index contributed by atoms with van der Waals surface area (Å²) >= 11 is 0. The number of hydrogen-bond donors (Lipinski definition) is 0. The summed E-state index contributed by atoms with van der Waals surface area (Å²) in [5, 5.41) is 0. The molecule has 0 heterocycles. The predicted molar refractivity (Wildman–Crippen MR) is 75.6 cm³/mol. The number of rotatable bonds is 5. The second-order valence-electron chi connectivity index (χ2n) is 6.69. The zero-order valence-electron chi connectivity index (χ0n) is 12.9. The Balaban J connectivity index is 5.30. The fraction of sp³-hybridized carbons (Fsp3) is 0.875. The summed E-state index contributed by atoms with van der Waals surface area (Å²) in [6, 6.07) is 0. The minimum Gasteiger partial charge on any atom is -0.0789 e. The zero-order chi connectivity index (χ0) is 13.1. The van der Waals surface area contributed by atoms with Gasteiger partial charge in [-0.05, 0) is 36.0 Å². The van der Waals surface area contributed by atoms with Crippen molar-refractivity contribution in [2.45, 2.75) is 68.7 Å².